The van der Waals surface area contributed by atoms with Gasteiger partial charge < -0.3 is 10.4 Å². The Balaban J connectivity index is 2.13. The molecule has 2 N–H and O–H groups in total. The van der Waals surface area contributed by atoms with Crippen molar-refractivity contribution < 1.29 is 9.90 Å². The van der Waals surface area contributed by atoms with Crippen LogP contribution in [0.4, 0.5) is 0 Å². The van der Waals surface area contributed by atoms with Crippen molar-refractivity contribution in [2.45, 2.75) is 50.9 Å². The van der Waals surface area contributed by atoms with Gasteiger partial charge >= 0.3 is 0 Å². The van der Waals surface area contributed by atoms with Crippen molar-refractivity contribution in [2.75, 3.05) is 14.1 Å². The van der Waals surface area contributed by atoms with Gasteiger partial charge in [0.15, 0.2) is 0 Å². The summed E-state index contributed by atoms with van der Waals surface area (Å²) in [4.78, 5) is 12.9. The summed E-state index contributed by atoms with van der Waals surface area (Å²) in [5.74, 6) is -0.0160. The molecule has 0 spiro atoms. The van der Waals surface area contributed by atoms with Gasteiger partial charge in [0, 0.05) is 14.1 Å². The fraction of sp³-hybridized carbons (Fsp3) is 0.526. The first kappa shape index (κ1) is 18.6. The number of hydrogen-bond acceptors (Lipinski definition) is 4. The summed E-state index contributed by atoms with van der Waals surface area (Å²) >= 11 is 0. The number of aliphatic hydroxyl groups excluding tert-OH is 1. The molecule has 0 fully saturated rings. The lowest BCUT2D eigenvalue weighted by Gasteiger charge is -2.44. The average molecular weight is 331 g/mol. The second-order valence-corrected chi connectivity index (χ2v) is 6.51. The van der Waals surface area contributed by atoms with Crippen LogP contribution in [-0.4, -0.2) is 53.3 Å². The van der Waals surface area contributed by atoms with Gasteiger partial charge in [-0.15, -0.1) is 0 Å². The summed E-state index contributed by atoms with van der Waals surface area (Å²) in [5, 5.41) is 17.3. The van der Waals surface area contributed by atoms with Crippen LogP contribution in [0.15, 0.2) is 42.5 Å². The highest BCUT2D eigenvalue weighted by Crippen LogP contribution is 2.23. The molecule has 0 unspecified atom stereocenters. The van der Waals surface area contributed by atoms with E-state index >= 15 is 0 Å². The topological polar surface area (TPSA) is 55.8 Å². The molecule has 1 aromatic rings. The van der Waals surface area contributed by atoms with Crippen molar-refractivity contribution in [2.24, 2.45) is 0 Å². The number of nitrogens with one attached hydrogen (secondary N) is 1. The summed E-state index contributed by atoms with van der Waals surface area (Å²) < 4.78 is 0. The lowest BCUT2D eigenvalue weighted by atomic mass is 9.98. The van der Waals surface area contributed by atoms with Crippen LogP contribution in [0.5, 0.6) is 0 Å². The van der Waals surface area contributed by atoms with E-state index in [2.05, 4.69) is 5.32 Å². The van der Waals surface area contributed by atoms with E-state index in [-0.39, 0.29) is 24.0 Å². The van der Waals surface area contributed by atoms with Crippen LogP contribution in [0.1, 0.15) is 38.3 Å². The van der Waals surface area contributed by atoms with Gasteiger partial charge in [0.05, 0.1) is 18.2 Å². The number of carbonyl (C=O) groups is 1. The average Bonchev–Trinajstić information content (AvgIpc) is 2.60. The van der Waals surface area contributed by atoms with Crippen molar-refractivity contribution in [3.63, 3.8) is 0 Å². The molecular weight excluding hydrogens is 302 g/mol. The third-order valence-corrected chi connectivity index (χ3v) is 4.55. The van der Waals surface area contributed by atoms with Crippen molar-refractivity contribution in [3.05, 3.63) is 48.0 Å². The SMILES string of the molecule is CC[C@H](O)[C@@H]1C=CC[C@H](C(=O)N[C@H](C)c2ccccc2)N1N(C)C. The number of amides is 1. The molecule has 2 rings (SSSR count). The van der Waals surface area contributed by atoms with E-state index in [1.165, 1.54) is 0 Å². The highest BCUT2D eigenvalue weighted by atomic mass is 16.3. The molecule has 0 saturated heterocycles. The predicted molar refractivity (Wildman–Crippen MR) is 96.2 cm³/mol. The molecule has 0 aromatic heterocycles. The first-order chi connectivity index (χ1) is 11.5. The van der Waals surface area contributed by atoms with Gasteiger partial charge in [0.25, 0.3) is 0 Å². The molecule has 1 aliphatic rings. The largest absolute Gasteiger partial charge is 0.391 e. The Kier molecular flexibility index (Phi) is 6.54. The van der Waals surface area contributed by atoms with Gasteiger partial charge in [0.1, 0.15) is 6.04 Å². The zero-order valence-electron chi connectivity index (χ0n) is 15.0. The molecule has 1 aliphatic heterocycles. The zero-order chi connectivity index (χ0) is 17.7. The van der Waals surface area contributed by atoms with E-state index < -0.39 is 6.10 Å². The van der Waals surface area contributed by atoms with Crippen LogP contribution in [0.25, 0.3) is 0 Å². The lowest BCUT2D eigenvalue weighted by Crippen LogP contribution is -2.60. The number of hydrazine groups is 1. The molecule has 1 heterocycles. The third-order valence-electron chi connectivity index (χ3n) is 4.55. The number of rotatable bonds is 6. The molecule has 5 nitrogen and oxygen atoms in total. The van der Waals surface area contributed by atoms with Crippen LogP contribution in [0, 0.1) is 0 Å². The Hall–Kier alpha value is -1.69. The molecule has 4 atom stereocenters. The van der Waals surface area contributed by atoms with Gasteiger partial charge in [0.2, 0.25) is 5.91 Å². The van der Waals surface area contributed by atoms with Crippen molar-refractivity contribution in [1.82, 2.24) is 15.3 Å². The molecule has 0 aliphatic carbocycles. The summed E-state index contributed by atoms with van der Waals surface area (Å²) in [6.45, 7) is 3.94. The molecular formula is C19H29N3O2. The van der Waals surface area contributed by atoms with Gasteiger partial charge in [-0.1, -0.05) is 49.4 Å². The minimum Gasteiger partial charge on any atom is -0.391 e. The van der Waals surface area contributed by atoms with E-state index in [1.54, 1.807) is 0 Å². The molecule has 1 amide bonds. The van der Waals surface area contributed by atoms with E-state index in [4.69, 9.17) is 0 Å². The Morgan fingerprint density at radius 1 is 1.38 bits per heavy atom. The van der Waals surface area contributed by atoms with Crippen LogP contribution >= 0.6 is 0 Å². The number of aliphatic hydroxyl groups is 1. The fourth-order valence-corrected chi connectivity index (χ4v) is 3.20. The number of hydrogen-bond donors (Lipinski definition) is 2. The molecule has 0 radical (unpaired) electrons. The summed E-state index contributed by atoms with van der Waals surface area (Å²) in [7, 11) is 3.82. The first-order valence-corrected chi connectivity index (χ1v) is 8.61. The molecule has 132 valence electrons. The van der Waals surface area contributed by atoms with Crippen molar-refractivity contribution in [1.29, 1.82) is 0 Å². The quantitative estimate of drug-likeness (QED) is 0.784. The summed E-state index contributed by atoms with van der Waals surface area (Å²) in [6, 6.07) is 9.39. The van der Waals surface area contributed by atoms with Crippen LogP contribution in [-0.2, 0) is 4.79 Å². The Morgan fingerprint density at radius 3 is 2.62 bits per heavy atom. The Morgan fingerprint density at radius 2 is 2.04 bits per heavy atom. The molecule has 24 heavy (non-hydrogen) atoms. The van der Waals surface area contributed by atoms with Crippen LogP contribution in [0.3, 0.4) is 0 Å². The highest BCUT2D eigenvalue weighted by molar-refractivity contribution is 5.82. The normalized spacial score (nSPS) is 23.9. The van der Waals surface area contributed by atoms with Crippen molar-refractivity contribution >= 4 is 5.91 Å². The maximum Gasteiger partial charge on any atom is 0.239 e. The van der Waals surface area contributed by atoms with Gasteiger partial charge in [-0.25, -0.2) is 10.0 Å². The second kappa shape index (κ2) is 8.42. The highest BCUT2D eigenvalue weighted by Gasteiger charge is 2.37. The maximum atomic E-state index is 12.9. The molecule has 5 heteroatoms. The zero-order valence-corrected chi connectivity index (χ0v) is 15.0. The lowest BCUT2D eigenvalue weighted by molar-refractivity contribution is -0.142. The number of nitrogens with zero attached hydrogens (tertiary/aromatic N) is 2. The van der Waals surface area contributed by atoms with E-state index in [1.807, 2.05) is 80.4 Å². The predicted octanol–water partition coefficient (Wildman–Crippen LogP) is 2.11. The molecule has 1 aromatic carbocycles. The second-order valence-electron chi connectivity index (χ2n) is 6.51. The minimum atomic E-state index is -0.495. The van der Waals surface area contributed by atoms with Gasteiger partial charge in [-0.05, 0) is 25.3 Å². The fourth-order valence-electron chi connectivity index (χ4n) is 3.20. The Labute approximate surface area is 144 Å². The monoisotopic (exact) mass is 331 g/mol. The summed E-state index contributed by atoms with van der Waals surface area (Å²) in [5.41, 5.74) is 1.08. The van der Waals surface area contributed by atoms with Gasteiger partial charge in [-0.2, -0.15) is 0 Å². The van der Waals surface area contributed by atoms with Gasteiger partial charge in [-0.3, -0.25) is 4.79 Å². The number of benzene rings is 1. The summed E-state index contributed by atoms with van der Waals surface area (Å²) in [6.07, 6.45) is 4.79. The number of carbonyl (C=O) groups excluding carboxylic acids is 1. The van der Waals surface area contributed by atoms with E-state index in [9.17, 15) is 9.90 Å². The molecule has 0 saturated carbocycles. The maximum absolute atomic E-state index is 12.9. The first-order valence-electron chi connectivity index (χ1n) is 8.61. The molecule has 0 bridgehead atoms. The minimum absolute atomic E-state index is 0.0160. The van der Waals surface area contributed by atoms with E-state index in [0.717, 1.165) is 5.56 Å². The smallest absolute Gasteiger partial charge is 0.239 e. The standard InChI is InChI=1S/C19H29N3O2/c1-5-18(23)16-12-9-13-17(22(16)21(3)4)19(24)20-14(2)15-10-7-6-8-11-15/h6-12,14,16-18,23H,5,13H2,1-4H3,(H,20,24)/t14-,16+,17-,18+/m1/s1. The Bertz CT molecular complexity index is 559. The van der Waals surface area contributed by atoms with Crippen molar-refractivity contribution in [3.8, 4) is 0 Å². The van der Waals surface area contributed by atoms with E-state index in [0.29, 0.717) is 12.8 Å². The third kappa shape index (κ3) is 4.23. The van der Waals surface area contributed by atoms with Crippen LogP contribution < -0.4 is 5.32 Å². The van der Waals surface area contributed by atoms with Crippen LogP contribution in [0.2, 0.25) is 0 Å².